The second kappa shape index (κ2) is 8.09. The van der Waals surface area contributed by atoms with E-state index in [2.05, 4.69) is 26.4 Å². The average Bonchev–Trinajstić information content (AvgIpc) is 3.35. The molecule has 4 rings (SSSR count). The van der Waals surface area contributed by atoms with Crippen molar-refractivity contribution in [3.05, 3.63) is 66.1 Å². The molecule has 0 spiro atoms. The number of thiazole rings is 1. The third kappa shape index (κ3) is 4.20. The fourth-order valence-electron chi connectivity index (χ4n) is 2.87. The van der Waals surface area contributed by atoms with Gasteiger partial charge >= 0.3 is 0 Å². The van der Waals surface area contributed by atoms with Crippen molar-refractivity contribution in [3.8, 4) is 5.82 Å². The summed E-state index contributed by atoms with van der Waals surface area (Å²) < 4.78 is 2.86. The van der Waals surface area contributed by atoms with E-state index in [9.17, 15) is 4.79 Å². The maximum absolute atomic E-state index is 12.3. The molecule has 27 heavy (non-hydrogen) atoms. The molecule has 3 aromatic heterocycles. The van der Waals surface area contributed by atoms with E-state index < -0.39 is 0 Å². The largest absolute Gasteiger partial charge is 0.323 e. The number of amides is 1. The van der Waals surface area contributed by atoms with E-state index in [0.29, 0.717) is 17.9 Å². The van der Waals surface area contributed by atoms with Crippen LogP contribution in [0.15, 0.2) is 61.1 Å². The van der Waals surface area contributed by atoms with Crippen molar-refractivity contribution in [1.29, 1.82) is 0 Å². The first kappa shape index (κ1) is 17.4. The summed E-state index contributed by atoms with van der Waals surface area (Å²) >= 11 is 1.73. The standard InChI is InChI=1S/C20H19N5OS/c26-18(23-16-8-5-12-21-20(16)25-14-6-13-22-25)10-3-4-11-19-24-15-7-1-2-9-17(15)27-19/h1-2,5-9,12-14H,3-4,10-11H2,(H,23,26). The Balaban J connectivity index is 1.29. The van der Waals surface area contributed by atoms with Crippen molar-refractivity contribution in [2.45, 2.75) is 25.7 Å². The second-order valence-corrected chi connectivity index (χ2v) is 7.27. The summed E-state index contributed by atoms with van der Waals surface area (Å²) in [7, 11) is 0. The number of pyridine rings is 1. The molecule has 1 N–H and O–H groups in total. The topological polar surface area (TPSA) is 72.7 Å². The molecular formula is C20H19N5OS. The Morgan fingerprint density at radius 2 is 2.00 bits per heavy atom. The van der Waals surface area contributed by atoms with Crippen molar-refractivity contribution in [2.75, 3.05) is 5.32 Å². The summed E-state index contributed by atoms with van der Waals surface area (Å²) in [5.41, 5.74) is 1.72. The number of fused-ring (bicyclic) bond motifs is 1. The van der Waals surface area contributed by atoms with E-state index >= 15 is 0 Å². The number of anilines is 1. The number of nitrogens with zero attached hydrogens (tertiary/aromatic N) is 4. The molecule has 0 bridgehead atoms. The van der Waals surface area contributed by atoms with Crippen LogP contribution in [0.5, 0.6) is 0 Å². The highest BCUT2D eigenvalue weighted by atomic mass is 32.1. The van der Waals surface area contributed by atoms with Gasteiger partial charge in [0.05, 0.1) is 20.9 Å². The van der Waals surface area contributed by atoms with E-state index in [1.165, 1.54) is 4.70 Å². The van der Waals surface area contributed by atoms with Crippen LogP contribution in [0.4, 0.5) is 5.69 Å². The van der Waals surface area contributed by atoms with E-state index in [1.807, 2.05) is 30.3 Å². The molecule has 3 heterocycles. The molecule has 0 atom stereocenters. The second-order valence-electron chi connectivity index (χ2n) is 6.16. The Hall–Kier alpha value is -3.06. The minimum absolute atomic E-state index is 0.0132. The number of aromatic nitrogens is 4. The van der Waals surface area contributed by atoms with E-state index in [4.69, 9.17) is 0 Å². The fraction of sp³-hybridized carbons (Fsp3) is 0.200. The molecule has 7 heteroatoms. The van der Waals surface area contributed by atoms with Gasteiger partial charge in [-0.25, -0.2) is 14.6 Å². The minimum Gasteiger partial charge on any atom is -0.323 e. The van der Waals surface area contributed by atoms with Crippen LogP contribution in [0.3, 0.4) is 0 Å². The van der Waals surface area contributed by atoms with Gasteiger partial charge in [0.2, 0.25) is 5.91 Å². The zero-order valence-electron chi connectivity index (χ0n) is 14.7. The summed E-state index contributed by atoms with van der Waals surface area (Å²) in [4.78, 5) is 21.3. The Labute approximate surface area is 160 Å². The molecule has 0 aliphatic heterocycles. The van der Waals surface area contributed by atoms with Gasteiger partial charge in [-0.2, -0.15) is 5.10 Å². The third-order valence-corrected chi connectivity index (χ3v) is 5.26. The SMILES string of the molecule is O=C(CCCCc1nc2ccccc2s1)Nc1cccnc1-n1cccn1. The number of rotatable bonds is 7. The normalized spacial score (nSPS) is 11.0. The number of para-hydroxylation sites is 1. The molecule has 0 aliphatic carbocycles. The molecule has 1 amide bonds. The smallest absolute Gasteiger partial charge is 0.224 e. The highest BCUT2D eigenvalue weighted by Gasteiger charge is 2.10. The summed E-state index contributed by atoms with van der Waals surface area (Å²) in [6, 6.07) is 13.6. The molecule has 136 valence electrons. The molecule has 0 radical (unpaired) electrons. The van der Waals surface area contributed by atoms with Crippen LogP contribution in [0.1, 0.15) is 24.3 Å². The molecule has 0 saturated carbocycles. The molecule has 0 aliphatic rings. The van der Waals surface area contributed by atoms with Crippen molar-refractivity contribution in [2.24, 2.45) is 0 Å². The van der Waals surface area contributed by atoms with Crippen molar-refractivity contribution >= 4 is 33.1 Å². The fourth-order valence-corrected chi connectivity index (χ4v) is 3.88. The number of carbonyl (C=O) groups is 1. The molecule has 0 saturated heterocycles. The van der Waals surface area contributed by atoms with Gasteiger partial charge in [0, 0.05) is 25.0 Å². The number of unbranched alkanes of at least 4 members (excludes halogenated alkanes) is 1. The predicted molar refractivity (Wildman–Crippen MR) is 107 cm³/mol. The van der Waals surface area contributed by atoms with Crippen LogP contribution in [-0.2, 0) is 11.2 Å². The molecule has 0 unspecified atom stereocenters. The van der Waals surface area contributed by atoms with Crippen LogP contribution in [0.2, 0.25) is 0 Å². The lowest BCUT2D eigenvalue weighted by Crippen LogP contribution is -2.14. The summed E-state index contributed by atoms with van der Waals surface area (Å²) in [5, 5.41) is 8.25. The van der Waals surface area contributed by atoms with Crippen LogP contribution in [0, 0.1) is 0 Å². The first-order valence-electron chi connectivity index (χ1n) is 8.89. The van der Waals surface area contributed by atoms with Crippen molar-refractivity contribution in [1.82, 2.24) is 19.7 Å². The summed E-state index contributed by atoms with van der Waals surface area (Å²) in [6.07, 6.45) is 8.30. The zero-order chi connectivity index (χ0) is 18.5. The summed E-state index contributed by atoms with van der Waals surface area (Å²) in [5.74, 6) is 0.603. The van der Waals surface area contributed by atoms with Crippen LogP contribution < -0.4 is 5.32 Å². The van der Waals surface area contributed by atoms with E-state index in [0.717, 1.165) is 29.8 Å². The maximum Gasteiger partial charge on any atom is 0.224 e. The first-order valence-corrected chi connectivity index (χ1v) is 9.70. The van der Waals surface area contributed by atoms with Gasteiger partial charge in [-0.15, -0.1) is 11.3 Å². The minimum atomic E-state index is -0.0132. The number of nitrogens with one attached hydrogen (secondary N) is 1. The monoisotopic (exact) mass is 377 g/mol. The van der Waals surface area contributed by atoms with Gasteiger partial charge in [0.25, 0.3) is 0 Å². The lowest BCUT2D eigenvalue weighted by Gasteiger charge is -2.09. The highest BCUT2D eigenvalue weighted by Crippen LogP contribution is 2.23. The zero-order valence-corrected chi connectivity index (χ0v) is 15.5. The summed E-state index contributed by atoms with van der Waals surface area (Å²) in [6.45, 7) is 0. The molecule has 1 aromatic carbocycles. The quantitative estimate of drug-likeness (QED) is 0.489. The van der Waals surface area contributed by atoms with Crippen LogP contribution >= 0.6 is 11.3 Å². The average molecular weight is 377 g/mol. The Kier molecular flexibility index (Phi) is 5.20. The van der Waals surface area contributed by atoms with Crippen molar-refractivity contribution < 1.29 is 4.79 Å². The van der Waals surface area contributed by atoms with Crippen molar-refractivity contribution in [3.63, 3.8) is 0 Å². The first-order chi connectivity index (χ1) is 13.3. The molecule has 0 fully saturated rings. The highest BCUT2D eigenvalue weighted by molar-refractivity contribution is 7.18. The van der Waals surface area contributed by atoms with Gasteiger partial charge in [0.15, 0.2) is 5.82 Å². The lowest BCUT2D eigenvalue weighted by molar-refractivity contribution is -0.116. The number of carbonyl (C=O) groups excluding carboxylic acids is 1. The van der Waals surface area contributed by atoms with E-state index in [1.54, 1.807) is 40.7 Å². The Morgan fingerprint density at radius 3 is 2.85 bits per heavy atom. The molecule has 4 aromatic rings. The van der Waals surface area contributed by atoms with Crippen LogP contribution in [-0.4, -0.2) is 25.7 Å². The third-order valence-electron chi connectivity index (χ3n) is 4.16. The Bertz CT molecular complexity index is 1010. The van der Waals surface area contributed by atoms with Gasteiger partial charge in [0.1, 0.15) is 0 Å². The molecular weight excluding hydrogens is 358 g/mol. The Morgan fingerprint density at radius 1 is 1.07 bits per heavy atom. The predicted octanol–water partition coefficient (Wildman–Crippen LogP) is 4.23. The van der Waals surface area contributed by atoms with E-state index in [-0.39, 0.29) is 5.91 Å². The number of hydrogen-bond acceptors (Lipinski definition) is 5. The molecule has 6 nitrogen and oxygen atoms in total. The van der Waals surface area contributed by atoms with Gasteiger partial charge in [-0.05, 0) is 49.6 Å². The van der Waals surface area contributed by atoms with Gasteiger partial charge in [-0.1, -0.05) is 12.1 Å². The number of benzene rings is 1. The van der Waals surface area contributed by atoms with Gasteiger partial charge < -0.3 is 5.32 Å². The lowest BCUT2D eigenvalue weighted by atomic mass is 10.2. The van der Waals surface area contributed by atoms with Gasteiger partial charge in [-0.3, -0.25) is 4.79 Å². The number of hydrogen-bond donors (Lipinski definition) is 1. The number of aryl methyl sites for hydroxylation is 1. The van der Waals surface area contributed by atoms with Crippen LogP contribution in [0.25, 0.3) is 16.0 Å². The maximum atomic E-state index is 12.3.